The molecule has 0 fully saturated rings. The number of rotatable bonds is 5. The Morgan fingerprint density at radius 1 is 0.946 bits per heavy atom. The smallest absolute Gasteiger partial charge is 0.128 e. The normalized spacial score (nSPS) is 12.9. The quantitative estimate of drug-likeness (QED) is 0.208. The standard InChI is InChI=1S/C30H25BrClN3OS/c1-36-24-15-7-19(8-16-24)26-18-35-28(29(37)33-23-13-11-22(32)12-14-23)27(20-5-9-21(31)10-6-20)25-4-2-3-17-34(26)30(25)35/h5-16,18H,2-4,17H2,1H3,(H,33,37). The molecule has 0 radical (unpaired) electrons. The van der Waals surface area contributed by atoms with Gasteiger partial charge in [0, 0.05) is 39.1 Å². The van der Waals surface area contributed by atoms with E-state index in [1.807, 2.05) is 36.4 Å². The lowest BCUT2D eigenvalue weighted by Crippen LogP contribution is -2.14. The van der Waals surface area contributed by atoms with Crippen LogP contribution in [0.4, 0.5) is 5.69 Å². The third-order valence-electron chi connectivity index (χ3n) is 6.97. The van der Waals surface area contributed by atoms with Crippen molar-refractivity contribution in [2.24, 2.45) is 0 Å². The summed E-state index contributed by atoms with van der Waals surface area (Å²) in [6.07, 6.45) is 5.50. The largest absolute Gasteiger partial charge is 0.497 e. The SMILES string of the molecule is COc1ccc(-c2cn3c(C(=S)Nc4ccc(Cl)cc4)c(-c4ccc(Br)cc4)c4c3n2CCCC4)cc1. The summed E-state index contributed by atoms with van der Waals surface area (Å²) >= 11 is 15.8. The van der Waals surface area contributed by atoms with Gasteiger partial charge in [-0.1, -0.05) is 51.9 Å². The van der Waals surface area contributed by atoms with Crippen LogP contribution < -0.4 is 10.1 Å². The highest BCUT2D eigenvalue weighted by molar-refractivity contribution is 9.10. The van der Waals surface area contributed by atoms with Crippen molar-refractivity contribution in [3.63, 3.8) is 0 Å². The number of methoxy groups -OCH3 is 1. The Morgan fingerprint density at radius 2 is 1.65 bits per heavy atom. The van der Waals surface area contributed by atoms with Crippen molar-refractivity contribution >= 4 is 56.1 Å². The summed E-state index contributed by atoms with van der Waals surface area (Å²) in [6.45, 7) is 0.964. The van der Waals surface area contributed by atoms with Gasteiger partial charge >= 0.3 is 0 Å². The molecule has 0 amide bonds. The van der Waals surface area contributed by atoms with Crippen LogP contribution >= 0.6 is 39.7 Å². The predicted octanol–water partition coefficient (Wildman–Crippen LogP) is 8.62. The molecule has 5 aromatic rings. The zero-order valence-corrected chi connectivity index (χ0v) is 23.5. The number of thiocarbonyl (C=S) groups is 1. The Morgan fingerprint density at radius 3 is 2.35 bits per heavy atom. The fourth-order valence-corrected chi connectivity index (χ4v) is 5.96. The van der Waals surface area contributed by atoms with E-state index in [9.17, 15) is 0 Å². The van der Waals surface area contributed by atoms with Gasteiger partial charge in [0.1, 0.15) is 16.4 Å². The molecule has 0 aliphatic carbocycles. The molecule has 0 bridgehead atoms. The Kier molecular flexibility index (Phi) is 6.57. The highest BCUT2D eigenvalue weighted by Crippen LogP contribution is 2.40. The lowest BCUT2D eigenvalue weighted by Gasteiger charge is -2.12. The Balaban J connectivity index is 1.58. The molecule has 3 heterocycles. The second-order valence-corrected chi connectivity index (χ2v) is 11.0. The van der Waals surface area contributed by atoms with E-state index in [0.717, 1.165) is 58.5 Å². The third kappa shape index (κ3) is 4.48. The molecule has 1 aliphatic rings. The molecule has 3 aromatic carbocycles. The van der Waals surface area contributed by atoms with Gasteiger partial charge in [-0.25, -0.2) is 0 Å². The summed E-state index contributed by atoms with van der Waals surface area (Å²) in [6, 6.07) is 24.5. The van der Waals surface area contributed by atoms with E-state index in [1.165, 1.54) is 22.5 Å². The van der Waals surface area contributed by atoms with Gasteiger partial charge in [0.05, 0.1) is 18.5 Å². The van der Waals surface area contributed by atoms with Gasteiger partial charge in [-0.05, 0) is 91.1 Å². The molecular formula is C30H25BrClN3OS. The topological polar surface area (TPSA) is 30.6 Å². The van der Waals surface area contributed by atoms with Crippen molar-refractivity contribution in [2.45, 2.75) is 25.8 Å². The van der Waals surface area contributed by atoms with Crippen LogP contribution in [0.15, 0.2) is 83.5 Å². The van der Waals surface area contributed by atoms with Crippen molar-refractivity contribution in [2.75, 3.05) is 12.4 Å². The molecule has 6 rings (SSSR count). The van der Waals surface area contributed by atoms with E-state index in [4.69, 9.17) is 28.6 Å². The van der Waals surface area contributed by atoms with E-state index in [0.29, 0.717) is 10.0 Å². The summed E-state index contributed by atoms with van der Waals surface area (Å²) in [5.41, 5.74) is 9.18. The second kappa shape index (κ2) is 10.0. The van der Waals surface area contributed by atoms with Crippen molar-refractivity contribution < 1.29 is 4.74 Å². The minimum Gasteiger partial charge on any atom is -0.497 e. The monoisotopic (exact) mass is 589 g/mol. The van der Waals surface area contributed by atoms with E-state index >= 15 is 0 Å². The molecule has 186 valence electrons. The molecule has 0 unspecified atom stereocenters. The summed E-state index contributed by atoms with van der Waals surface area (Å²) < 4.78 is 11.2. The molecule has 0 atom stereocenters. The fourth-order valence-electron chi connectivity index (χ4n) is 5.25. The Labute approximate surface area is 235 Å². The number of ether oxygens (including phenoxy) is 1. The zero-order chi connectivity index (χ0) is 25.5. The summed E-state index contributed by atoms with van der Waals surface area (Å²) in [5, 5.41) is 4.17. The maximum Gasteiger partial charge on any atom is 0.128 e. The molecule has 1 aliphatic heterocycles. The third-order valence-corrected chi connectivity index (χ3v) is 8.05. The molecule has 4 nitrogen and oxygen atoms in total. The summed E-state index contributed by atoms with van der Waals surface area (Å²) in [4.78, 5) is 0.681. The van der Waals surface area contributed by atoms with E-state index in [-0.39, 0.29) is 0 Å². The number of anilines is 1. The zero-order valence-electron chi connectivity index (χ0n) is 20.3. The number of imidazole rings is 1. The van der Waals surface area contributed by atoms with Crippen molar-refractivity contribution in [1.82, 2.24) is 8.97 Å². The maximum atomic E-state index is 6.12. The van der Waals surface area contributed by atoms with E-state index in [2.05, 4.69) is 72.8 Å². The van der Waals surface area contributed by atoms with Crippen LogP contribution in [0.25, 0.3) is 28.0 Å². The number of aryl methyl sites for hydroxylation is 2. The van der Waals surface area contributed by atoms with Gasteiger partial charge in [0.15, 0.2) is 0 Å². The lowest BCUT2D eigenvalue weighted by atomic mass is 9.98. The first-order valence-electron chi connectivity index (χ1n) is 12.3. The van der Waals surface area contributed by atoms with Gasteiger partial charge < -0.3 is 14.6 Å². The number of benzene rings is 3. The van der Waals surface area contributed by atoms with Crippen molar-refractivity contribution in [3.8, 4) is 28.1 Å². The summed E-state index contributed by atoms with van der Waals surface area (Å²) in [7, 11) is 1.70. The van der Waals surface area contributed by atoms with E-state index < -0.39 is 0 Å². The molecule has 0 saturated carbocycles. The average Bonchev–Trinajstić information content (AvgIpc) is 3.33. The number of aromatic nitrogens is 2. The van der Waals surface area contributed by atoms with Crippen LogP contribution in [-0.2, 0) is 13.0 Å². The molecular weight excluding hydrogens is 566 g/mol. The average molecular weight is 591 g/mol. The highest BCUT2D eigenvalue weighted by Gasteiger charge is 2.28. The minimum absolute atomic E-state index is 0.681. The molecule has 0 saturated heterocycles. The van der Waals surface area contributed by atoms with Crippen LogP contribution in [0.3, 0.4) is 0 Å². The molecule has 1 N–H and O–H groups in total. The molecule has 2 aromatic heterocycles. The number of hydrogen-bond acceptors (Lipinski definition) is 2. The minimum atomic E-state index is 0.681. The van der Waals surface area contributed by atoms with Crippen LogP contribution in [0.1, 0.15) is 24.1 Å². The van der Waals surface area contributed by atoms with Gasteiger partial charge in [0.25, 0.3) is 0 Å². The Hall–Kier alpha value is -3.06. The van der Waals surface area contributed by atoms with Gasteiger partial charge in [-0.2, -0.15) is 0 Å². The first-order valence-corrected chi connectivity index (χ1v) is 13.8. The molecule has 7 heteroatoms. The maximum absolute atomic E-state index is 6.12. The Bertz CT molecular complexity index is 1600. The first-order chi connectivity index (χ1) is 18.0. The van der Waals surface area contributed by atoms with Crippen LogP contribution in [-0.4, -0.2) is 21.1 Å². The highest BCUT2D eigenvalue weighted by atomic mass is 79.9. The number of nitrogens with one attached hydrogen (secondary N) is 1. The van der Waals surface area contributed by atoms with Gasteiger partial charge in [-0.15, -0.1) is 0 Å². The predicted molar refractivity (Wildman–Crippen MR) is 160 cm³/mol. The fraction of sp³-hybridized carbons (Fsp3) is 0.167. The first kappa shape index (κ1) is 24.3. The van der Waals surface area contributed by atoms with Gasteiger partial charge in [-0.3, -0.25) is 4.40 Å². The van der Waals surface area contributed by atoms with E-state index in [1.54, 1.807) is 7.11 Å². The second-order valence-electron chi connectivity index (χ2n) is 9.22. The number of nitrogens with zero attached hydrogens (tertiary/aromatic N) is 2. The van der Waals surface area contributed by atoms with Crippen LogP contribution in [0.5, 0.6) is 5.75 Å². The summed E-state index contributed by atoms with van der Waals surface area (Å²) in [5.74, 6) is 0.852. The lowest BCUT2D eigenvalue weighted by molar-refractivity contribution is 0.415. The van der Waals surface area contributed by atoms with Crippen molar-refractivity contribution in [1.29, 1.82) is 0 Å². The molecule has 37 heavy (non-hydrogen) atoms. The number of halogens is 2. The number of hydrogen-bond donors (Lipinski definition) is 1. The van der Waals surface area contributed by atoms with Crippen molar-refractivity contribution in [3.05, 3.63) is 99.7 Å². The van der Waals surface area contributed by atoms with Gasteiger partial charge in [0.2, 0.25) is 0 Å². The van der Waals surface area contributed by atoms with Crippen LogP contribution in [0, 0.1) is 0 Å². The van der Waals surface area contributed by atoms with Crippen LogP contribution in [0.2, 0.25) is 5.02 Å². The molecule has 0 spiro atoms.